The van der Waals surface area contributed by atoms with Crippen LogP contribution in [0.4, 0.5) is 0 Å². The molecule has 0 saturated carbocycles. The van der Waals surface area contributed by atoms with Crippen LogP contribution in [0.25, 0.3) is 0 Å². The average molecular weight is 239 g/mol. The second-order valence-corrected chi connectivity index (χ2v) is 7.14. The zero-order valence-corrected chi connectivity index (χ0v) is 12.6. The molecule has 0 aliphatic carbocycles. The maximum atomic E-state index is 12.3. The molecule has 0 N–H and O–H groups in total. The van der Waals surface area contributed by atoms with Gasteiger partial charge in [-0.3, -0.25) is 9.69 Å². The van der Waals surface area contributed by atoms with Gasteiger partial charge in [-0.25, -0.2) is 0 Å². The van der Waals surface area contributed by atoms with Crippen molar-refractivity contribution >= 4 is 5.78 Å². The van der Waals surface area contributed by atoms with Crippen LogP contribution in [-0.2, 0) is 4.79 Å². The Bertz CT molecular complexity index is 275. The summed E-state index contributed by atoms with van der Waals surface area (Å²) in [5.74, 6) is 1.91. The second kappa shape index (κ2) is 5.09. The minimum absolute atomic E-state index is 0.0961. The van der Waals surface area contributed by atoms with E-state index in [-0.39, 0.29) is 17.5 Å². The van der Waals surface area contributed by atoms with Crippen LogP contribution in [0.15, 0.2) is 0 Å². The highest BCUT2D eigenvalue weighted by Gasteiger charge is 2.42. The van der Waals surface area contributed by atoms with Crippen LogP contribution in [0, 0.1) is 17.8 Å². The lowest BCUT2D eigenvalue weighted by molar-refractivity contribution is -0.127. The van der Waals surface area contributed by atoms with Gasteiger partial charge < -0.3 is 0 Å². The molecule has 2 unspecified atom stereocenters. The highest BCUT2D eigenvalue weighted by atomic mass is 16.1. The topological polar surface area (TPSA) is 20.3 Å². The molecule has 1 aliphatic rings. The van der Waals surface area contributed by atoms with E-state index < -0.39 is 0 Å². The summed E-state index contributed by atoms with van der Waals surface area (Å²) in [6.45, 7) is 16.3. The number of likely N-dealkylation sites (tertiary alicyclic amines) is 1. The van der Waals surface area contributed by atoms with E-state index in [0.29, 0.717) is 17.6 Å². The first-order chi connectivity index (χ1) is 7.64. The van der Waals surface area contributed by atoms with Crippen LogP contribution in [0.3, 0.4) is 0 Å². The van der Waals surface area contributed by atoms with Crippen molar-refractivity contribution in [2.75, 3.05) is 6.54 Å². The summed E-state index contributed by atoms with van der Waals surface area (Å²) in [5, 5.41) is 0. The van der Waals surface area contributed by atoms with Gasteiger partial charge in [-0.15, -0.1) is 0 Å². The molecule has 100 valence electrons. The summed E-state index contributed by atoms with van der Waals surface area (Å²) in [7, 11) is 0. The minimum Gasteiger partial charge on any atom is -0.298 e. The first-order valence-corrected chi connectivity index (χ1v) is 6.95. The van der Waals surface area contributed by atoms with Gasteiger partial charge in [-0.2, -0.15) is 0 Å². The molecule has 0 radical (unpaired) electrons. The lowest BCUT2D eigenvalue weighted by atomic mass is 9.90. The lowest BCUT2D eigenvalue weighted by Crippen LogP contribution is -2.48. The highest BCUT2D eigenvalue weighted by molar-refractivity contribution is 5.86. The van der Waals surface area contributed by atoms with Crippen molar-refractivity contribution in [2.24, 2.45) is 17.8 Å². The van der Waals surface area contributed by atoms with Gasteiger partial charge in [-0.05, 0) is 39.0 Å². The van der Waals surface area contributed by atoms with E-state index in [9.17, 15) is 4.79 Å². The van der Waals surface area contributed by atoms with Crippen molar-refractivity contribution in [1.82, 2.24) is 4.90 Å². The normalized spacial score (nSPS) is 27.1. The molecule has 1 saturated heterocycles. The van der Waals surface area contributed by atoms with E-state index in [4.69, 9.17) is 0 Å². The third-order valence-corrected chi connectivity index (χ3v) is 4.04. The highest BCUT2D eigenvalue weighted by Crippen LogP contribution is 2.35. The SMILES string of the molecule is CC(C)C(=O)C1CC(C(C)C)CN1C(C)(C)C. The Hall–Kier alpha value is -0.370. The molecule has 0 spiro atoms. The van der Waals surface area contributed by atoms with E-state index in [2.05, 4.69) is 39.5 Å². The van der Waals surface area contributed by atoms with E-state index in [0.717, 1.165) is 13.0 Å². The van der Waals surface area contributed by atoms with Crippen molar-refractivity contribution in [3.8, 4) is 0 Å². The van der Waals surface area contributed by atoms with Gasteiger partial charge in [0.25, 0.3) is 0 Å². The Morgan fingerprint density at radius 3 is 2.06 bits per heavy atom. The van der Waals surface area contributed by atoms with Gasteiger partial charge in [-0.1, -0.05) is 27.7 Å². The van der Waals surface area contributed by atoms with E-state index in [1.165, 1.54) is 0 Å². The predicted octanol–water partition coefficient (Wildman–Crippen LogP) is 3.36. The number of carbonyl (C=O) groups is 1. The largest absolute Gasteiger partial charge is 0.298 e. The molecule has 17 heavy (non-hydrogen) atoms. The third kappa shape index (κ3) is 3.31. The fourth-order valence-electron chi connectivity index (χ4n) is 2.75. The smallest absolute Gasteiger partial charge is 0.152 e. The van der Waals surface area contributed by atoms with Gasteiger partial charge in [0.15, 0.2) is 5.78 Å². The molecule has 0 amide bonds. The van der Waals surface area contributed by atoms with Crippen molar-refractivity contribution in [3.05, 3.63) is 0 Å². The number of hydrogen-bond acceptors (Lipinski definition) is 2. The van der Waals surface area contributed by atoms with Crippen molar-refractivity contribution in [2.45, 2.75) is 66.5 Å². The predicted molar refractivity (Wildman–Crippen MR) is 73.0 cm³/mol. The molecular formula is C15H29NO. The van der Waals surface area contributed by atoms with Crippen molar-refractivity contribution in [1.29, 1.82) is 0 Å². The quantitative estimate of drug-likeness (QED) is 0.752. The molecule has 2 atom stereocenters. The standard InChI is InChI=1S/C15H29NO/c1-10(2)12-8-13(14(17)11(3)4)16(9-12)15(5,6)7/h10-13H,8-9H2,1-7H3. The zero-order valence-electron chi connectivity index (χ0n) is 12.6. The fourth-order valence-corrected chi connectivity index (χ4v) is 2.75. The number of ketones is 1. The Balaban J connectivity index is 2.89. The summed E-state index contributed by atoms with van der Waals surface area (Å²) in [4.78, 5) is 14.7. The number of rotatable bonds is 3. The molecule has 2 nitrogen and oxygen atoms in total. The van der Waals surface area contributed by atoms with Crippen molar-refractivity contribution < 1.29 is 4.79 Å². The van der Waals surface area contributed by atoms with Gasteiger partial charge in [0.05, 0.1) is 6.04 Å². The van der Waals surface area contributed by atoms with Crippen molar-refractivity contribution in [3.63, 3.8) is 0 Å². The number of carbonyl (C=O) groups excluding carboxylic acids is 1. The fraction of sp³-hybridized carbons (Fsp3) is 0.933. The van der Waals surface area contributed by atoms with Crippen LogP contribution in [0.2, 0.25) is 0 Å². The molecule has 0 bridgehead atoms. The van der Waals surface area contributed by atoms with Gasteiger partial charge >= 0.3 is 0 Å². The Labute approximate surface area is 107 Å². The maximum Gasteiger partial charge on any atom is 0.152 e. The van der Waals surface area contributed by atoms with Crippen LogP contribution >= 0.6 is 0 Å². The van der Waals surface area contributed by atoms with Crippen LogP contribution in [0.1, 0.15) is 54.9 Å². The molecule has 1 heterocycles. The molecule has 0 aromatic rings. The molecule has 0 aromatic heterocycles. The Morgan fingerprint density at radius 2 is 1.71 bits per heavy atom. The Morgan fingerprint density at radius 1 is 1.18 bits per heavy atom. The maximum absolute atomic E-state index is 12.3. The van der Waals surface area contributed by atoms with Gasteiger partial charge in [0, 0.05) is 18.0 Å². The molecule has 2 heteroatoms. The number of hydrogen-bond donors (Lipinski definition) is 0. The molecule has 1 fully saturated rings. The summed E-state index contributed by atoms with van der Waals surface area (Å²) >= 11 is 0. The van der Waals surface area contributed by atoms with E-state index in [1.807, 2.05) is 13.8 Å². The van der Waals surface area contributed by atoms with Crippen LogP contribution in [0.5, 0.6) is 0 Å². The molecular weight excluding hydrogens is 210 g/mol. The first kappa shape index (κ1) is 14.7. The van der Waals surface area contributed by atoms with Gasteiger partial charge in [0.1, 0.15) is 0 Å². The summed E-state index contributed by atoms with van der Waals surface area (Å²) in [6, 6.07) is 0.141. The number of nitrogens with zero attached hydrogens (tertiary/aromatic N) is 1. The summed E-state index contributed by atoms with van der Waals surface area (Å²) in [5.41, 5.74) is 0.0961. The second-order valence-electron chi connectivity index (χ2n) is 7.14. The molecule has 1 aliphatic heterocycles. The third-order valence-electron chi connectivity index (χ3n) is 4.04. The van der Waals surface area contributed by atoms with Crippen LogP contribution < -0.4 is 0 Å². The number of Topliss-reactive ketones (excluding diaryl/α,β-unsaturated/α-hetero) is 1. The molecule has 1 rings (SSSR count). The monoisotopic (exact) mass is 239 g/mol. The summed E-state index contributed by atoms with van der Waals surface area (Å²) in [6.07, 6.45) is 1.05. The van der Waals surface area contributed by atoms with E-state index >= 15 is 0 Å². The lowest BCUT2D eigenvalue weighted by Gasteiger charge is -2.37. The molecule has 0 aromatic carbocycles. The van der Waals surface area contributed by atoms with E-state index in [1.54, 1.807) is 0 Å². The van der Waals surface area contributed by atoms with Gasteiger partial charge in [0.2, 0.25) is 0 Å². The minimum atomic E-state index is 0.0961. The Kier molecular flexibility index (Phi) is 4.40. The summed E-state index contributed by atoms with van der Waals surface area (Å²) < 4.78 is 0. The zero-order chi connectivity index (χ0) is 13.4. The van der Waals surface area contributed by atoms with Crippen LogP contribution in [-0.4, -0.2) is 28.8 Å². The average Bonchev–Trinajstić information content (AvgIpc) is 2.59. The first-order valence-electron chi connectivity index (χ1n) is 6.95.